The molecule has 1 heterocycles. The molecule has 3 N–H and O–H groups in total. The van der Waals surface area contributed by atoms with E-state index in [9.17, 15) is 13.2 Å². The Morgan fingerprint density at radius 3 is 2.60 bits per heavy atom. The Balaban J connectivity index is 1.78. The van der Waals surface area contributed by atoms with Crippen LogP contribution in [-0.4, -0.2) is 28.2 Å². The van der Waals surface area contributed by atoms with Gasteiger partial charge in [0.15, 0.2) is 5.11 Å². The van der Waals surface area contributed by atoms with Crippen LogP contribution in [0, 0.1) is 13.8 Å². The van der Waals surface area contributed by atoms with Crippen molar-refractivity contribution < 1.29 is 13.2 Å². The van der Waals surface area contributed by atoms with Gasteiger partial charge in [-0.3, -0.25) is 0 Å². The van der Waals surface area contributed by atoms with Crippen molar-refractivity contribution in [3.05, 3.63) is 47.3 Å². The highest BCUT2D eigenvalue weighted by Crippen LogP contribution is 2.27. The van der Waals surface area contributed by atoms with E-state index in [1.54, 1.807) is 0 Å². The van der Waals surface area contributed by atoms with Gasteiger partial charge in [0.25, 0.3) is 0 Å². The summed E-state index contributed by atoms with van der Waals surface area (Å²) in [7, 11) is 0. The molecule has 0 unspecified atom stereocenters. The van der Waals surface area contributed by atoms with E-state index < -0.39 is 11.9 Å². The molecule has 0 saturated carbocycles. The van der Waals surface area contributed by atoms with Gasteiger partial charge in [0, 0.05) is 25.0 Å². The maximum Gasteiger partial charge on any atom is 0.433 e. The number of rotatable bonds is 5. The second-order valence-corrected chi connectivity index (χ2v) is 5.80. The molecule has 0 fully saturated rings. The lowest BCUT2D eigenvalue weighted by molar-refractivity contribution is -0.141. The van der Waals surface area contributed by atoms with Crippen molar-refractivity contribution in [3.8, 4) is 0 Å². The van der Waals surface area contributed by atoms with E-state index in [1.807, 2.05) is 32.0 Å². The molecule has 0 radical (unpaired) electrons. The van der Waals surface area contributed by atoms with E-state index >= 15 is 0 Å². The Labute approximate surface area is 149 Å². The van der Waals surface area contributed by atoms with Crippen LogP contribution in [0.25, 0.3) is 0 Å². The number of anilines is 2. The largest absolute Gasteiger partial charge is 0.433 e. The van der Waals surface area contributed by atoms with Gasteiger partial charge in [0.05, 0.1) is 0 Å². The van der Waals surface area contributed by atoms with Crippen molar-refractivity contribution in [3.63, 3.8) is 0 Å². The summed E-state index contributed by atoms with van der Waals surface area (Å²) >= 11 is 5.20. The summed E-state index contributed by atoms with van der Waals surface area (Å²) in [5, 5.41) is 9.20. The van der Waals surface area contributed by atoms with Gasteiger partial charge in [-0.05, 0) is 43.8 Å². The van der Waals surface area contributed by atoms with Crippen LogP contribution in [0.2, 0.25) is 0 Å². The van der Waals surface area contributed by atoms with E-state index in [0.717, 1.165) is 29.1 Å². The molecule has 134 valence electrons. The summed E-state index contributed by atoms with van der Waals surface area (Å²) in [6.45, 7) is 4.70. The van der Waals surface area contributed by atoms with Crippen LogP contribution in [0.4, 0.5) is 24.8 Å². The molecule has 2 rings (SSSR count). The molecule has 2 aromatic rings. The molecule has 1 aromatic carbocycles. The summed E-state index contributed by atoms with van der Waals surface area (Å²) in [4.78, 5) is 7.18. The van der Waals surface area contributed by atoms with Crippen molar-refractivity contribution >= 4 is 29.0 Å². The van der Waals surface area contributed by atoms with Gasteiger partial charge >= 0.3 is 6.18 Å². The van der Waals surface area contributed by atoms with Crippen LogP contribution in [0.15, 0.2) is 30.5 Å². The van der Waals surface area contributed by atoms with Gasteiger partial charge in [0.2, 0.25) is 5.95 Å². The summed E-state index contributed by atoms with van der Waals surface area (Å²) in [6.07, 6.45) is -3.42. The van der Waals surface area contributed by atoms with Gasteiger partial charge in [-0.2, -0.15) is 13.2 Å². The number of hydrogen-bond acceptors (Lipinski definition) is 4. The first-order valence-electron chi connectivity index (χ1n) is 7.52. The molecule has 25 heavy (non-hydrogen) atoms. The predicted molar refractivity (Wildman–Crippen MR) is 95.7 cm³/mol. The molecule has 1 aromatic heterocycles. The fraction of sp³-hybridized carbons (Fsp3) is 0.312. The maximum absolute atomic E-state index is 12.6. The van der Waals surface area contributed by atoms with E-state index in [0.29, 0.717) is 18.2 Å². The molecule has 5 nitrogen and oxygen atoms in total. The third-order valence-electron chi connectivity index (χ3n) is 3.27. The van der Waals surface area contributed by atoms with Crippen LogP contribution in [0.5, 0.6) is 0 Å². The zero-order chi connectivity index (χ0) is 18.4. The molecule has 0 aliphatic rings. The average molecular weight is 369 g/mol. The number of hydrogen-bond donors (Lipinski definition) is 3. The first-order valence-corrected chi connectivity index (χ1v) is 7.93. The monoisotopic (exact) mass is 369 g/mol. The number of benzene rings is 1. The first kappa shape index (κ1) is 18.9. The van der Waals surface area contributed by atoms with E-state index in [4.69, 9.17) is 12.2 Å². The minimum atomic E-state index is -4.49. The Hall–Kier alpha value is -2.42. The van der Waals surface area contributed by atoms with E-state index in [-0.39, 0.29) is 5.95 Å². The van der Waals surface area contributed by atoms with Crippen molar-refractivity contribution in [2.75, 3.05) is 23.7 Å². The van der Waals surface area contributed by atoms with Crippen molar-refractivity contribution in [1.82, 2.24) is 15.3 Å². The number of alkyl halides is 3. The van der Waals surface area contributed by atoms with Crippen LogP contribution >= 0.6 is 12.2 Å². The zero-order valence-corrected chi connectivity index (χ0v) is 14.6. The van der Waals surface area contributed by atoms with Gasteiger partial charge in [-0.25, -0.2) is 9.97 Å². The Morgan fingerprint density at radius 1 is 1.16 bits per heavy atom. The summed E-state index contributed by atoms with van der Waals surface area (Å²) < 4.78 is 37.7. The molecule has 0 amide bonds. The number of thiocarbonyl (C=S) groups is 1. The van der Waals surface area contributed by atoms with Crippen molar-refractivity contribution in [1.29, 1.82) is 0 Å². The second kappa shape index (κ2) is 8.11. The van der Waals surface area contributed by atoms with E-state index in [1.165, 1.54) is 0 Å². The highest BCUT2D eigenvalue weighted by molar-refractivity contribution is 7.80. The maximum atomic E-state index is 12.6. The Kier molecular flexibility index (Phi) is 6.13. The Bertz CT molecular complexity index is 749. The number of nitrogens with one attached hydrogen (secondary N) is 3. The molecular weight excluding hydrogens is 351 g/mol. The highest BCUT2D eigenvalue weighted by Gasteiger charge is 2.32. The number of aryl methyl sites for hydroxylation is 2. The van der Waals surface area contributed by atoms with Crippen LogP contribution in [0.3, 0.4) is 0 Å². The molecule has 0 aliphatic carbocycles. The third kappa shape index (κ3) is 5.86. The minimum Gasteiger partial charge on any atom is -0.361 e. The second-order valence-electron chi connectivity index (χ2n) is 5.39. The lowest BCUT2D eigenvalue weighted by Crippen LogP contribution is -2.32. The number of halogens is 3. The van der Waals surface area contributed by atoms with Crippen molar-refractivity contribution in [2.45, 2.75) is 20.0 Å². The molecule has 0 bridgehead atoms. The molecule has 0 atom stereocenters. The van der Waals surface area contributed by atoms with Gasteiger partial charge in [0.1, 0.15) is 5.69 Å². The fourth-order valence-corrected chi connectivity index (χ4v) is 2.28. The van der Waals surface area contributed by atoms with E-state index in [2.05, 4.69) is 25.9 Å². The smallest absolute Gasteiger partial charge is 0.361 e. The molecular formula is C16H18F3N5S. The highest BCUT2D eigenvalue weighted by atomic mass is 32.1. The van der Waals surface area contributed by atoms with Crippen LogP contribution in [-0.2, 0) is 6.18 Å². The summed E-state index contributed by atoms with van der Waals surface area (Å²) in [6, 6.07) is 6.78. The quantitative estimate of drug-likeness (QED) is 0.554. The summed E-state index contributed by atoms with van der Waals surface area (Å²) in [5.74, 6) is -0.0788. The third-order valence-corrected chi connectivity index (χ3v) is 3.52. The lowest BCUT2D eigenvalue weighted by atomic mass is 10.1. The Morgan fingerprint density at radius 2 is 1.92 bits per heavy atom. The molecule has 0 spiro atoms. The lowest BCUT2D eigenvalue weighted by Gasteiger charge is -2.13. The molecule has 0 saturated heterocycles. The van der Waals surface area contributed by atoms with Crippen molar-refractivity contribution in [2.24, 2.45) is 0 Å². The summed E-state index contributed by atoms with van der Waals surface area (Å²) in [5.41, 5.74) is 2.15. The zero-order valence-electron chi connectivity index (χ0n) is 13.7. The van der Waals surface area contributed by atoms with Crippen LogP contribution < -0.4 is 16.0 Å². The first-order chi connectivity index (χ1) is 11.8. The predicted octanol–water partition coefficient (Wildman–Crippen LogP) is 3.51. The minimum absolute atomic E-state index is 0.0788. The fourth-order valence-electron chi connectivity index (χ4n) is 2.07. The molecule has 0 aliphatic heterocycles. The van der Waals surface area contributed by atoms with Crippen LogP contribution in [0.1, 0.15) is 16.8 Å². The molecule has 9 heteroatoms. The standard InChI is InChI=1S/C16H18F3N5S/c1-10-3-4-12(11(2)9-10)23-15(25)22-8-7-21-14-20-6-5-13(24-14)16(17,18)19/h3-6,9H,7-8H2,1-2H3,(H,20,21,24)(H2,22,23,25). The topological polar surface area (TPSA) is 61.9 Å². The normalized spacial score (nSPS) is 11.1. The number of nitrogens with zero attached hydrogens (tertiary/aromatic N) is 2. The van der Waals surface area contributed by atoms with Gasteiger partial charge in [-0.1, -0.05) is 17.7 Å². The van der Waals surface area contributed by atoms with Gasteiger partial charge < -0.3 is 16.0 Å². The average Bonchev–Trinajstić information content (AvgIpc) is 2.54. The van der Waals surface area contributed by atoms with Gasteiger partial charge in [-0.15, -0.1) is 0 Å². The number of aromatic nitrogens is 2. The SMILES string of the molecule is Cc1ccc(NC(=S)NCCNc2nccc(C(F)(F)F)n2)c(C)c1.